The zero-order chi connectivity index (χ0) is 23.1. The highest BCUT2D eigenvalue weighted by atomic mass is 19.1. The van der Waals surface area contributed by atoms with Gasteiger partial charge in [-0.05, 0) is 87.6 Å². The molecule has 1 saturated heterocycles. The fraction of sp³-hybridized carbons (Fsp3) is 0.333. The van der Waals surface area contributed by atoms with Crippen LogP contribution in [0.4, 0.5) is 4.39 Å². The lowest BCUT2D eigenvalue weighted by Crippen LogP contribution is -2.21. The number of hydrogen-bond donors (Lipinski definition) is 0. The molecule has 0 radical (unpaired) electrons. The van der Waals surface area contributed by atoms with Gasteiger partial charge in [-0.1, -0.05) is 6.07 Å². The summed E-state index contributed by atoms with van der Waals surface area (Å²) in [6.07, 6.45) is 3.34. The first-order valence-electron chi connectivity index (χ1n) is 11.4. The molecule has 6 heteroatoms. The number of aromatic nitrogens is 4. The Bertz CT molecular complexity index is 1350. The van der Waals surface area contributed by atoms with Gasteiger partial charge in [-0.3, -0.25) is 4.98 Å². The average molecular weight is 443 g/mol. The first-order valence-corrected chi connectivity index (χ1v) is 11.4. The molecule has 168 valence electrons. The van der Waals surface area contributed by atoms with E-state index in [4.69, 9.17) is 19.7 Å². The van der Waals surface area contributed by atoms with Crippen molar-refractivity contribution in [3.8, 4) is 11.3 Å². The summed E-state index contributed by atoms with van der Waals surface area (Å²) in [4.78, 5) is 18.8. The number of fused-ring (bicyclic) bond motifs is 1. The van der Waals surface area contributed by atoms with Crippen molar-refractivity contribution in [2.45, 2.75) is 52.6 Å². The second kappa shape index (κ2) is 8.60. The fourth-order valence-electron chi connectivity index (χ4n) is 4.49. The van der Waals surface area contributed by atoms with Gasteiger partial charge in [0.1, 0.15) is 11.6 Å². The number of halogens is 1. The Balaban J connectivity index is 1.62. The Morgan fingerprint density at radius 3 is 2.61 bits per heavy atom. The van der Waals surface area contributed by atoms with E-state index in [-0.39, 0.29) is 17.8 Å². The third-order valence-corrected chi connectivity index (χ3v) is 6.47. The SMILES string of the molecule is Cc1ccc(-c2nc([C@@H]3CCO[C@@H](c4ccnc(C)c4)C3)nc3nc(C)c(C)cc23)c(F)c1. The molecule has 0 spiro atoms. The number of ether oxygens (including phenoxy) is 1. The van der Waals surface area contributed by atoms with Crippen molar-refractivity contribution in [3.05, 3.63) is 82.3 Å². The van der Waals surface area contributed by atoms with Crippen LogP contribution in [-0.2, 0) is 4.74 Å². The van der Waals surface area contributed by atoms with E-state index >= 15 is 4.39 Å². The molecule has 0 N–H and O–H groups in total. The Morgan fingerprint density at radius 1 is 0.970 bits per heavy atom. The summed E-state index contributed by atoms with van der Waals surface area (Å²) >= 11 is 0. The first-order chi connectivity index (χ1) is 15.9. The van der Waals surface area contributed by atoms with Gasteiger partial charge >= 0.3 is 0 Å². The lowest BCUT2D eigenvalue weighted by molar-refractivity contribution is 0.00393. The number of aryl methyl sites for hydroxylation is 4. The van der Waals surface area contributed by atoms with Gasteiger partial charge in [0.2, 0.25) is 0 Å². The van der Waals surface area contributed by atoms with Crippen LogP contribution < -0.4 is 0 Å². The average Bonchev–Trinajstić information content (AvgIpc) is 2.80. The molecule has 0 amide bonds. The molecule has 1 fully saturated rings. The van der Waals surface area contributed by atoms with Gasteiger partial charge in [0, 0.05) is 41.1 Å². The minimum absolute atomic E-state index is 0.0444. The van der Waals surface area contributed by atoms with Crippen LogP contribution in [-0.4, -0.2) is 26.5 Å². The van der Waals surface area contributed by atoms with Crippen molar-refractivity contribution in [1.29, 1.82) is 0 Å². The summed E-state index contributed by atoms with van der Waals surface area (Å²) in [6, 6.07) is 11.3. The van der Waals surface area contributed by atoms with Gasteiger partial charge in [-0.2, -0.15) is 0 Å². The Labute approximate surface area is 193 Å². The molecule has 4 aromatic rings. The van der Waals surface area contributed by atoms with Crippen molar-refractivity contribution in [1.82, 2.24) is 19.9 Å². The summed E-state index contributed by atoms with van der Waals surface area (Å²) in [5.41, 5.74) is 6.60. The maximum absolute atomic E-state index is 15.0. The van der Waals surface area contributed by atoms with E-state index in [1.807, 2.05) is 52.1 Å². The Kier molecular flexibility index (Phi) is 5.62. The molecule has 1 aromatic carbocycles. The number of rotatable bonds is 3. The molecule has 5 nitrogen and oxygen atoms in total. The van der Waals surface area contributed by atoms with E-state index < -0.39 is 0 Å². The van der Waals surface area contributed by atoms with Gasteiger partial charge in [-0.25, -0.2) is 19.3 Å². The molecule has 2 atom stereocenters. The molecule has 5 rings (SSSR count). The molecule has 33 heavy (non-hydrogen) atoms. The lowest BCUT2D eigenvalue weighted by Gasteiger charge is -2.29. The predicted molar refractivity (Wildman–Crippen MR) is 127 cm³/mol. The van der Waals surface area contributed by atoms with Gasteiger partial charge < -0.3 is 4.74 Å². The van der Waals surface area contributed by atoms with Crippen molar-refractivity contribution in [3.63, 3.8) is 0 Å². The number of pyridine rings is 2. The van der Waals surface area contributed by atoms with E-state index in [9.17, 15) is 0 Å². The molecular formula is C27H27FN4O. The van der Waals surface area contributed by atoms with Crippen LogP contribution in [0.3, 0.4) is 0 Å². The monoisotopic (exact) mass is 442 g/mol. The summed E-state index contributed by atoms with van der Waals surface area (Å²) in [7, 11) is 0. The molecule has 4 heterocycles. The van der Waals surface area contributed by atoms with Crippen LogP contribution in [0.2, 0.25) is 0 Å². The standard InChI is InChI=1S/C27H27FN4O/c1-15-5-6-21(23(28)11-15)25-22-12-16(2)18(4)30-27(22)32-26(31-25)20-8-10-33-24(14-20)19-7-9-29-17(3)13-19/h5-7,9,11-13,20,24H,8,10,14H2,1-4H3/t20-,24-/m1/s1. The highest BCUT2D eigenvalue weighted by molar-refractivity contribution is 5.91. The van der Waals surface area contributed by atoms with Crippen molar-refractivity contribution < 1.29 is 9.13 Å². The van der Waals surface area contributed by atoms with Gasteiger partial charge in [0.25, 0.3) is 0 Å². The zero-order valence-corrected chi connectivity index (χ0v) is 19.4. The fourth-order valence-corrected chi connectivity index (χ4v) is 4.49. The van der Waals surface area contributed by atoms with Crippen molar-refractivity contribution in [2.24, 2.45) is 0 Å². The summed E-state index contributed by atoms with van der Waals surface area (Å²) < 4.78 is 21.1. The van der Waals surface area contributed by atoms with Crippen LogP contribution in [0.25, 0.3) is 22.3 Å². The first kappa shape index (κ1) is 21.6. The number of nitrogens with zero attached hydrogens (tertiary/aromatic N) is 4. The normalized spacial score (nSPS) is 18.6. The lowest BCUT2D eigenvalue weighted by atomic mass is 9.91. The molecule has 1 aliphatic rings. The van der Waals surface area contributed by atoms with Gasteiger partial charge in [0.15, 0.2) is 5.65 Å². The summed E-state index contributed by atoms with van der Waals surface area (Å²) in [6.45, 7) is 8.46. The molecule has 0 saturated carbocycles. The molecule has 0 unspecified atom stereocenters. The minimum Gasteiger partial charge on any atom is -0.373 e. The molecule has 1 aliphatic heterocycles. The van der Waals surface area contributed by atoms with E-state index in [0.717, 1.165) is 46.3 Å². The second-order valence-electron chi connectivity index (χ2n) is 8.99. The third-order valence-electron chi connectivity index (χ3n) is 6.47. The minimum atomic E-state index is -0.281. The van der Waals surface area contributed by atoms with E-state index in [1.165, 1.54) is 0 Å². The van der Waals surface area contributed by atoms with E-state index in [2.05, 4.69) is 11.1 Å². The van der Waals surface area contributed by atoms with Gasteiger partial charge in [0.05, 0.1) is 11.8 Å². The van der Waals surface area contributed by atoms with Crippen LogP contribution in [0.1, 0.15) is 58.8 Å². The zero-order valence-electron chi connectivity index (χ0n) is 19.4. The molecule has 0 aliphatic carbocycles. The smallest absolute Gasteiger partial charge is 0.163 e. The Morgan fingerprint density at radius 2 is 1.82 bits per heavy atom. The number of hydrogen-bond acceptors (Lipinski definition) is 5. The highest BCUT2D eigenvalue weighted by Gasteiger charge is 2.28. The predicted octanol–water partition coefficient (Wildman–Crippen LogP) is 6.09. The van der Waals surface area contributed by atoms with Gasteiger partial charge in [-0.15, -0.1) is 0 Å². The van der Waals surface area contributed by atoms with Crippen LogP contribution >= 0.6 is 0 Å². The maximum atomic E-state index is 15.0. The Hall–Kier alpha value is -3.25. The van der Waals surface area contributed by atoms with E-state index in [1.54, 1.807) is 12.1 Å². The third kappa shape index (κ3) is 4.23. The second-order valence-corrected chi connectivity index (χ2v) is 8.99. The van der Waals surface area contributed by atoms with Crippen molar-refractivity contribution >= 4 is 11.0 Å². The van der Waals surface area contributed by atoms with E-state index in [0.29, 0.717) is 29.3 Å². The quantitative estimate of drug-likeness (QED) is 0.384. The van der Waals surface area contributed by atoms with Crippen LogP contribution in [0.5, 0.6) is 0 Å². The van der Waals surface area contributed by atoms with Crippen LogP contribution in [0, 0.1) is 33.5 Å². The maximum Gasteiger partial charge on any atom is 0.163 e. The highest BCUT2D eigenvalue weighted by Crippen LogP contribution is 2.38. The molecule has 0 bridgehead atoms. The summed E-state index contributed by atoms with van der Waals surface area (Å²) in [5.74, 6) is 0.515. The molecular weight excluding hydrogens is 415 g/mol. The van der Waals surface area contributed by atoms with Crippen molar-refractivity contribution in [2.75, 3.05) is 6.61 Å². The topological polar surface area (TPSA) is 60.8 Å². The number of benzene rings is 1. The molecule has 3 aromatic heterocycles. The van der Waals surface area contributed by atoms with Crippen LogP contribution in [0.15, 0.2) is 42.6 Å². The summed E-state index contributed by atoms with van der Waals surface area (Å²) in [5, 5.41) is 0.776. The largest absolute Gasteiger partial charge is 0.373 e.